The van der Waals surface area contributed by atoms with E-state index in [9.17, 15) is 12.8 Å². The number of nitrogens with zero attached hydrogens (tertiary/aromatic N) is 1. The largest absolute Gasteiger partial charge is 0.242 e. The molecule has 0 aliphatic carbocycles. The number of benzene rings is 1. The first-order chi connectivity index (χ1) is 9.88. The number of rotatable bonds is 5. The average Bonchev–Trinajstić information content (AvgIpc) is 2.41. The molecule has 1 aromatic carbocycles. The molecule has 0 saturated carbocycles. The number of aromatic nitrogens is 1. The van der Waals surface area contributed by atoms with Gasteiger partial charge >= 0.3 is 0 Å². The molecule has 4 nitrogen and oxygen atoms in total. The van der Waals surface area contributed by atoms with E-state index < -0.39 is 10.0 Å². The Kier molecular flexibility index (Phi) is 5.16. The van der Waals surface area contributed by atoms with Gasteiger partial charge in [0.15, 0.2) is 0 Å². The standard InChI is InChI=1S/C13H11Cl2FN2O2S/c14-12-7-11(8-17-13(12)15)21(19,20)18-5-4-9-2-1-3-10(16)6-9/h1-3,6-8,18H,4-5H2. The van der Waals surface area contributed by atoms with Gasteiger partial charge in [0.05, 0.1) is 5.02 Å². The van der Waals surface area contributed by atoms with Crippen LogP contribution in [0.15, 0.2) is 41.4 Å². The fraction of sp³-hybridized carbons (Fsp3) is 0.154. The molecule has 8 heteroatoms. The molecular weight excluding hydrogens is 338 g/mol. The van der Waals surface area contributed by atoms with Crippen LogP contribution in [0.1, 0.15) is 5.56 Å². The Morgan fingerprint density at radius 1 is 1.24 bits per heavy atom. The Morgan fingerprint density at radius 3 is 2.67 bits per heavy atom. The second-order valence-corrected chi connectivity index (χ2v) is 6.75. The van der Waals surface area contributed by atoms with Gasteiger partial charge in [-0.3, -0.25) is 0 Å². The van der Waals surface area contributed by atoms with Gasteiger partial charge in [-0.15, -0.1) is 0 Å². The molecule has 0 radical (unpaired) electrons. The van der Waals surface area contributed by atoms with E-state index in [0.717, 1.165) is 6.20 Å². The molecule has 2 aromatic rings. The van der Waals surface area contributed by atoms with Gasteiger partial charge in [-0.25, -0.2) is 22.5 Å². The van der Waals surface area contributed by atoms with Crippen molar-refractivity contribution in [3.8, 4) is 0 Å². The average molecular weight is 349 g/mol. The quantitative estimate of drug-likeness (QED) is 0.844. The van der Waals surface area contributed by atoms with Crippen LogP contribution < -0.4 is 4.72 Å². The van der Waals surface area contributed by atoms with E-state index in [-0.39, 0.29) is 27.4 Å². The third-order valence-electron chi connectivity index (χ3n) is 2.68. The number of halogens is 3. The minimum absolute atomic E-state index is 0.0374. The van der Waals surface area contributed by atoms with Crippen LogP contribution >= 0.6 is 23.2 Å². The summed E-state index contributed by atoms with van der Waals surface area (Å²) >= 11 is 11.4. The highest BCUT2D eigenvalue weighted by molar-refractivity contribution is 7.89. The van der Waals surface area contributed by atoms with Gasteiger partial charge in [-0.05, 0) is 30.2 Å². The first kappa shape index (κ1) is 16.2. The zero-order chi connectivity index (χ0) is 15.5. The summed E-state index contributed by atoms with van der Waals surface area (Å²) in [5, 5.41) is 0.0973. The van der Waals surface area contributed by atoms with Crippen molar-refractivity contribution in [3.63, 3.8) is 0 Å². The van der Waals surface area contributed by atoms with E-state index in [4.69, 9.17) is 23.2 Å². The Balaban J connectivity index is 2.03. The number of nitrogens with one attached hydrogen (secondary N) is 1. The highest BCUT2D eigenvalue weighted by Crippen LogP contribution is 2.21. The second kappa shape index (κ2) is 6.70. The van der Waals surface area contributed by atoms with Gasteiger partial charge in [-0.2, -0.15) is 0 Å². The van der Waals surface area contributed by atoms with Gasteiger partial charge < -0.3 is 0 Å². The van der Waals surface area contributed by atoms with Crippen molar-refractivity contribution in [1.82, 2.24) is 9.71 Å². The lowest BCUT2D eigenvalue weighted by atomic mass is 10.1. The van der Waals surface area contributed by atoms with E-state index in [1.807, 2.05) is 0 Å². The first-order valence-corrected chi connectivity index (χ1v) is 8.17. The smallest absolute Gasteiger partial charge is 0.242 e. The highest BCUT2D eigenvalue weighted by Gasteiger charge is 2.15. The van der Waals surface area contributed by atoms with E-state index in [2.05, 4.69) is 9.71 Å². The topological polar surface area (TPSA) is 59.1 Å². The van der Waals surface area contributed by atoms with Crippen LogP contribution in [-0.4, -0.2) is 19.9 Å². The molecule has 112 valence electrons. The Bertz CT molecular complexity index is 754. The molecule has 0 saturated heterocycles. The van der Waals surface area contributed by atoms with Gasteiger partial charge in [0, 0.05) is 12.7 Å². The molecule has 0 amide bonds. The third kappa shape index (κ3) is 4.38. The summed E-state index contributed by atoms with van der Waals surface area (Å²) in [5.41, 5.74) is 0.699. The molecule has 0 unspecified atom stereocenters. The first-order valence-electron chi connectivity index (χ1n) is 5.93. The fourth-order valence-corrected chi connectivity index (χ4v) is 2.99. The van der Waals surface area contributed by atoms with E-state index in [0.29, 0.717) is 12.0 Å². The van der Waals surface area contributed by atoms with Gasteiger partial charge in [-0.1, -0.05) is 35.3 Å². The lowest BCUT2D eigenvalue weighted by Gasteiger charge is -2.07. The Labute approximate surface area is 132 Å². The van der Waals surface area contributed by atoms with Crippen LogP contribution in [0.5, 0.6) is 0 Å². The second-order valence-electron chi connectivity index (χ2n) is 4.22. The number of hydrogen-bond acceptors (Lipinski definition) is 3. The SMILES string of the molecule is O=S(=O)(NCCc1cccc(F)c1)c1cnc(Cl)c(Cl)c1. The van der Waals surface area contributed by atoms with E-state index >= 15 is 0 Å². The summed E-state index contributed by atoms with van der Waals surface area (Å²) in [6.45, 7) is 0.131. The lowest BCUT2D eigenvalue weighted by Crippen LogP contribution is -2.26. The van der Waals surface area contributed by atoms with Crippen LogP contribution in [0, 0.1) is 5.82 Å². The molecule has 0 atom stereocenters. The highest BCUT2D eigenvalue weighted by atomic mass is 35.5. The molecule has 1 heterocycles. The summed E-state index contributed by atoms with van der Waals surface area (Å²) in [5.74, 6) is -0.357. The van der Waals surface area contributed by atoms with Crippen molar-refractivity contribution >= 4 is 33.2 Å². The maximum Gasteiger partial charge on any atom is 0.242 e. The van der Waals surface area contributed by atoms with Crippen molar-refractivity contribution in [2.45, 2.75) is 11.3 Å². The summed E-state index contributed by atoms with van der Waals surface area (Å²) in [7, 11) is -3.73. The van der Waals surface area contributed by atoms with E-state index in [1.165, 1.54) is 18.2 Å². The molecule has 1 aromatic heterocycles. The van der Waals surface area contributed by atoms with Crippen LogP contribution in [0.4, 0.5) is 4.39 Å². The van der Waals surface area contributed by atoms with Gasteiger partial charge in [0.25, 0.3) is 0 Å². The summed E-state index contributed by atoms with van der Waals surface area (Å²) in [6, 6.07) is 7.20. The van der Waals surface area contributed by atoms with Crippen molar-refractivity contribution < 1.29 is 12.8 Å². The molecular formula is C13H11Cl2FN2O2S. The predicted octanol–water partition coefficient (Wildman–Crippen LogP) is 3.05. The predicted molar refractivity (Wildman–Crippen MR) is 79.5 cm³/mol. The fourth-order valence-electron chi connectivity index (χ4n) is 1.66. The summed E-state index contributed by atoms with van der Waals surface area (Å²) < 4.78 is 39.5. The van der Waals surface area contributed by atoms with E-state index in [1.54, 1.807) is 12.1 Å². The molecule has 0 fully saturated rings. The van der Waals surface area contributed by atoms with Gasteiger partial charge in [0.2, 0.25) is 10.0 Å². The monoisotopic (exact) mass is 348 g/mol. The molecule has 21 heavy (non-hydrogen) atoms. The normalized spacial score (nSPS) is 11.6. The van der Waals surface area contributed by atoms with Crippen molar-refractivity contribution in [3.05, 3.63) is 58.1 Å². The molecule has 2 rings (SSSR count). The zero-order valence-corrected chi connectivity index (χ0v) is 13.0. The minimum Gasteiger partial charge on any atom is -0.242 e. The number of hydrogen-bond donors (Lipinski definition) is 1. The van der Waals surface area contributed by atoms with Crippen molar-refractivity contribution in [2.24, 2.45) is 0 Å². The van der Waals surface area contributed by atoms with Crippen LogP contribution in [0.3, 0.4) is 0 Å². The van der Waals surface area contributed by atoms with Crippen molar-refractivity contribution in [2.75, 3.05) is 6.54 Å². The lowest BCUT2D eigenvalue weighted by molar-refractivity contribution is 0.581. The molecule has 0 aliphatic rings. The summed E-state index contributed by atoms with van der Waals surface area (Å²) in [6.07, 6.45) is 1.49. The Hall–Kier alpha value is -1.21. The van der Waals surface area contributed by atoms with Gasteiger partial charge in [0.1, 0.15) is 15.9 Å². The molecule has 0 aliphatic heterocycles. The minimum atomic E-state index is -3.73. The zero-order valence-electron chi connectivity index (χ0n) is 10.7. The maximum absolute atomic E-state index is 13.0. The number of pyridine rings is 1. The Morgan fingerprint density at radius 2 is 2.00 bits per heavy atom. The molecule has 0 bridgehead atoms. The van der Waals surface area contributed by atoms with Crippen molar-refractivity contribution in [1.29, 1.82) is 0 Å². The maximum atomic E-state index is 13.0. The summed E-state index contributed by atoms with van der Waals surface area (Å²) in [4.78, 5) is 3.61. The molecule has 0 spiro atoms. The van der Waals surface area contributed by atoms with Crippen LogP contribution in [-0.2, 0) is 16.4 Å². The van der Waals surface area contributed by atoms with Crippen LogP contribution in [0.25, 0.3) is 0 Å². The number of sulfonamides is 1. The van der Waals surface area contributed by atoms with Crippen LogP contribution in [0.2, 0.25) is 10.2 Å². The molecule has 1 N–H and O–H groups in total. The third-order valence-corrected chi connectivity index (χ3v) is 4.79.